The number of nitrogens with zero attached hydrogens (tertiary/aromatic N) is 1. The molecule has 27 nitrogen and oxygen atoms in total. The largest absolute Gasteiger partial charge is 0.394 e. The molecule has 12 atom stereocenters. The van der Waals surface area contributed by atoms with E-state index in [4.69, 9.17) is 11.5 Å². The molecular formula is C61H110N14O13. The Kier molecular flexibility index (Phi) is 35.7. The lowest BCUT2D eigenvalue weighted by Crippen LogP contribution is -2.61. The Morgan fingerprint density at radius 2 is 0.807 bits per heavy atom. The van der Waals surface area contributed by atoms with E-state index in [0.29, 0.717) is 57.8 Å². The number of aliphatic hydroxyl groups excluding tert-OH is 1. The van der Waals surface area contributed by atoms with Crippen molar-refractivity contribution in [2.24, 2.45) is 41.1 Å². The van der Waals surface area contributed by atoms with Gasteiger partial charge in [-0.25, -0.2) is 0 Å². The van der Waals surface area contributed by atoms with Crippen LogP contribution in [0.1, 0.15) is 179 Å². The van der Waals surface area contributed by atoms with E-state index < -0.39 is 144 Å². The summed E-state index contributed by atoms with van der Waals surface area (Å²) in [5.41, 5.74) is 11.7. The number of carbonyl (C=O) groups is 12. The first-order valence-corrected chi connectivity index (χ1v) is 32.0. The third-order valence-corrected chi connectivity index (χ3v) is 15.2. The molecule has 0 aromatic carbocycles. The van der Waals surface area contributed by atoms with E-state index in [0.717, 1.165) is 6.42 Å². The van der Waals surface area contributed by atoms with Crippen molar-refractivity contribution in [1.82, 2.24) is 63.4 Å². The fourth-order valence-electron chi connectivity index (χ4n) is 10.6. The minimum Gasteiger partial charge on any atom is -0.394 e. The Balaban J connectivity index is 2.39. The van der Waals surface area contributed by atoms with E-state index in [1.54, 1.807) is 0 Å². The summed E-state index contributed by atoms with van der Waals surface area (Å²) in [6, 6.07) is -13.0. The van der Waals surface area contributed by atoms with Crippen molar-refractivity contribution >= 4 is 71.3 Å². The molecule has 2 heterocycles. The molecule has 2 aliphatic heterocycles. The van der Waals surface area contributed by atoms with Crippen molar-refractivity contribution in [1.29, 1.82) is 0 Å². The smallest absolute Gasteiger partial charge is 0.245 e. The standard InChI is InChI=1S/C61H110N14O13/c1-34(2)27-44(54(81)66-40(12)61(88)75-26-18-22-50(75)60(87)65-39(11)32-76)70-57(84)47(30-37(7)8)72-56(83)46(29-36(5)6)69-53(80)43(20-14-16-24-63)67-52(79)42(19-13-15-23-62)68-55(82)45(28-35(3)4)71-58(85)48(31-38(9)10)73-59(86)49(33-77)74-51(78)41-21-17-25-64-41/h32,34-50,64,77H,13-31,33,62-63H2,1-12H3,(H,65,87)(H,66,81)(H,67,79)(H,68,82)(H,69,80)(H,70,84)(H,71,85)(H,72,83)(H,73,86)(H,74,78)/t39-,40-,41-,42-,43-,44-,45-,46-,47-,48-,49-,50-/m0/s1. The third kappa shape index (κ3) is 28.0. The highest BCUT2D eigenvalue weighted by Crippen LogP contribution is 2.20. The molecule has 0 aromatic rings. The van der Waals surface area contributed by atoms with Gasteiger partial charge in [-0.05, 0) is 159 Å². The highest BCUT2D eigenvalue weighted by molar-refractivity contribution is 5.99. The first kappa shape index (κ1) is 77.8. The van der Waals surface area contributed by atoms with Crippen LogP contribution in [0.2, 0.25) is 0 Å². The molecular weight excluding hydrogens is 1140 g/mol. The second-order valence-electron chi connectivity index (χ2n) is 25.9. The molecule has 2 aliphatic rings. The Hall–Kier alpha value is -6.32. The van der Waals surface area contributed by atoms with E-state index in [2.05, 4.69) is 58.5 Å². The average Bonchev–Trinajstić information content (AvgIpc) is 4.40. The van der Waals surface area contributed by atoms with Gasteiger partial charge in [-0.15, -0.1) is 0 Å². The van der Waals surface area contributed by atoms with Crippen molar-refractivity contribution in [2.75, 3.05) is 32.8 Å². The van der Waals surface area contributed by atoms with E-state index in [1.165, 1.54) is 18.7 Å². The maximum Gasteiger partial charge on any atom is 0.245 e. The van der Waals surface area contributed by atoms with E-state index >= 15 is 0 Å². The zero-order valence-corrected chi connectivity index (χ0v) is 54.5. The van der Waals surface area contributed by atoms with Gasteiger partial charge in [0, 0.05) is 6.54 Å². The number of unbranched alkanes of at least 4 members (excludes halogenated alkanes) is 2. The molecule has 502 valence electrons. The van der Waals surface area contributed by atoms with Crippen LogP contribution in [0.5, 0.6) is 0 Å². The van der Waals surface area contributed by atoms with Gasteiger partial charge in [-0.1, -0.05) is 69.2 Å². The summed E-state index contributed by atoms with van der Waals surface area (Å²) < 4.78 is 0. The van der Waals surface area contributed by atoms with Gasteiger partial charge >= 0.3 is 0 Å². The fraction of sp³-hybridized carbons (Fsp3) is 0.803. The van der Waals surface area contributed by atoms with Crippen molar-refractivity contribution in [3.05, 3.63) is 0 Å². The lowest BCUT2D eigenvalue weighted by molar-refractivity contribution is -0.141. The molecule has 2 saturated heterocycles. The number of rotatable bonds is 41. The number of hydrogen-bond acceptors (Lipinski definition) is 16. The van der Waals surface area contributed by atoms with Crippen LogP contribution in [-0.2, 0) is 57.5 Å². The van der Waals surface area contributed by atoms with Gasteiger partial charge in [0.2, 0.25) is 65.0 Å². The predicted octanol–water partition coefficient (Wildman–Crippen LogP) is -0.703. The molecule has 0 aromatic heterocycles. The van der Waals surface area contributed by atoms with E-state index in [9.17, 15) is 62.6 Å². The summed E-state index contributed by atoms with van der Waals surface area (Å²) in [4.78, 5) is 166. The van der Waals surface area contributed by atoms with Gasteiger partial charge in [0.05, 0.1) is 18.7 Å². The molecule has 0 spiro atoms. The number of aldehydes is 1. The van der Waals surface area contributed by atoms with Gasteiger partial charge in [0.15, 0.2) is 0 Å². The topological polar surface area (TPSA) is 413 Å². The van der Waals surface area contributed by atoms with Crippen LogP contribution in [0.3, 0.4) is 0 Å². The van der Waals surface area contributed by atoms with Crippen LogP contribution in [-0.4, -0.2) is 187 Å². The van der Waals surface area contributed by atoms with Crippen molar-refractivity contribution in [3.8, 4) is 0 Å². The summed E-state index contributed by atoms with van der Waals surface area (Å²) in [6.07, 6.45) is 5.37. The molecule has 0 saturated carbocycles. The summed E-state index contributed by atoms with van der Waals surface area (Å²) in [6.45, 7) is 22.1. The Morgan fingerprint density at radius 3 is 1.14 bits per heavy atom. The first-order valence-electron chi connectivity index (χ1n) is 32.0. The molecule has 0 radical (unpaired) electrons. The van der Waals surface area contributed by atoms with Gasteiger partial charge in [0.1, 0.15) is 66.7 Å². The van der Waals surface area contributed by atoms with Crippen LogP contribution >= 0.6 is 0 Å². The highest BCUT2D eigenvalue weighted by Gasteiger charge is 2.40. The third-order valence-electron chi connectivity index (χ3n) is 15.2. The highest BCUT2D eigenvalue weighted by atomic mass is 16.3. The SMILES string of the molecule is CC(C)C[C@H](NC(=O)[C@H](CC(C)C)NC(=O)[C@H](CC(C)C)NC(=O)[C@H](CCCCN)NC(=O)[C@H](CCCCN)NC(=O)[C@H](CC(C)C)NC(=O)[C@H](CC(C)C)NC(=O)[C@H](CO)NC(=O)[C@@H]1CCCN1)C(=O)N[C@@H](C)C(=O)N1CCC[C@H]1C(=O)N[C@@H](C)C=O. The van der Waals surface area contributed by atoms with Crippen LogP contribution < -0.4 is 70.0 Å². The number of amides is 11. The summed E-state index contributed by atoms with van der Waals surface area (Å²) in [7, 11) is 0. The van der Waals surface area contributed by atoms with Crippen LogP contribution in [0.4, 0.5) is 0 Å². The Morgan fingerprint density at radius 1 is 0.455 bits per heavy atom. The lowest BCUT2D eigenvalue weighted by Gasteiger charge is -2.30. The van der Waals surface area contributed by atoms with Crippen LogP contribution in [0.25, 0.3) is 0 Å². The number of carbonyl (C=O) groups excluding carboxylic acids is 12. The summed E-state index contributed by atoms with van der Waals surface area (Å²) in [5.74, 6) is -7.89. The molecule has 16 N–H and O–H groups in total. The molecule has 11 amide bonds. The van der Waals surface area contributed by atoms with Gasteiger partial charge < -0.3 is 84.8 Å². The van der Waals surface area contributed by atoms with Crippen molar-refractivity contribution in [2.45, 2.75) is 252 Å². The van der Waals surface area contributed by atoms with E-state index in [-0.39, 0.29) is 94.2 Å². The second kappa shape index (κ2) is 40.3. The maximum atomic E-state index is 14.5. The predicted molar refractivity (Wildman–Crippen MR) is 333 cm³/mol. The lowest BCUT2D eigenvalue weighted by atomic mass is 9.98. The summed E-state index contributed by atoms with van der Waals surface area (Å²) in [5, 5.41) is 40.4. The average molecular weight is 1250 g/mol. The maximum absolute atomic E-state index is 14.5. The number of nitrogens with two attached hydrogens (primary N) is 2. The Labute approximate surface area is 521 Å². The van der Waals surface area contributed by atoms with Crippen LogP contribution in [0, 0.1) is 29.6 Å². The molecule has 88 heavy (non-hydrogen) atoms. The normalized spacial score (nSPS) is 18.4. The molecule has 0 bridgehead atoms. The van der Waals surface area contributed by atoms with Crippen LogP contribution in [0.15, 0.2) is 0 Å². The molecule has 2 rings (SSSR count). The molecule has 0 aliphatic carbocycles. The zero-order chi connectivity index (χ0) is 66.4. The first-order chi connectivity index (χ1) is 41.5. The number of likely N-dealkylation sites (tertiary alicyclic amines) is 1. The molecule has 0 unspecified atom stereocenters. The monoisotopic (exact) mass is 1250 g/mol. The van der Waals surface area contributed by atoms with Gasteiger partial charge in [-0.2, -0.15) is 0 Å². The zero-order valence-electron chi connectivity index (χ0n) is 54.5. The number of nitrogens with one attached hydrogen (secondary N) is 11. The fourth-order valence-corrected chi connectivity index (χ4v) is 10.6. The second-order valence-corrected chi connectivity index (χ2v) is 25.9. The Bertz CT molecular complexity index is 2280. The van der Waals surface area contributed by atoms with Gasteiger partial charge in [0.25, 0.3) is 0 Å². The molecule has 27 heteroatoms. The van der Waals surface area contributed by atoms with E-state index in [1.807, 2.05) is 69.2 Å². The molecule has 2 fully saturated rings. The number of aliphatic hydroxyl groups is 1. The van der Waals surface area contributed by atoms with Crippen molar-refractivity contribution < 1.29 is 62.6 Å². The minimum atomic E-state index is -1.35. The van der Waals surface area contributed by atoms with Gasteiger partial charge in [-0.3, -0.25) is 52.7 Å². The van der Waals surface area contributed by atoms with Crippen molar-refractivity contribution in [3.63, 3.8) is 0 Å². The number of hydrogen-bond donors (Lipinski definition) is 14. The minimum absolute atomic E-state index is 0.0814. The quantitative estimate of drug-likeness (QED) is 0.0266. The summed E-state index contributed by atoms with van der Waals surface area (Å²) >= 11 is 0.